The van der Waals surface area contributed by atoms with E-state index < -0.39 is 0 Å². The molecule has 0 N–H and O–H groups in total. The highest BCUT2D eigenvalue weighted by atomic mass is 15.2. The molecule has 0 atom stereocenters. The Morgan fingerprint density at radius 1 is 0.163 bits per heavy atom. The molecule has 0 saturated heterocycles. The maximum Gasteiger partial charge on any atom is 0.145 e. The van der Waals surface area contributed by atoms with E-state index >= 15 is 0 Å². The molecule has 17 nitrogen and oxygen atoms in total. The summed E-state index contributed by atoms with van der Waals surface area (Å²) >= 11 is 0. The molecule has 26 aromatic rings. The molecule has 0 bridgehead atoms. The molecule has 0 aliphatic carbocycles. The fourth-order valence-electron chi connectivity index (χ4n) is 18.4. The van der Waals surface area contributed by atoms with Gasteiger partial charge in [-0.3, -0.25) is 41.9 Å². The first-order chi connectivity index (χ1) is 67.0. The zero-order valence-electron chi connectivity index (χ0n) is 72.7. The van der Waals surface area contributed by atoms with E-state index in [1.54, 1.807) is 0 Å². The molecule has 17 heteroatoms. The van der Waals surface area contributed by atoms with Gasteiger partial charge in [0, 0.05) is 50.1 Å². The number of hydrogen-bond donors (Lipinski definition) is 0. The molecular formula is C118H79N17. The van der Waals surface area contributed by atoms with Crippen molar-refractivity contribution in [3.05, 3.63) is 480 Å². The van der Waals surface area contributed by atoms with Crippen LogP contribution in [0.4, 0.5) is 0 Å². The van der Waals surface area contributed by atoms with Gasteiger partial charge in [0.25, 0.3) is 0 Å². The highest BCUT2D eigenvalue weighted by molar-refractivity contribution is 5.93. The lowest BCUT2D eigenvalue weighted by atomic mass is 9.99. The van der Waals surface area contributed by atoms with Gasteiger partial charge in [-0.15, -0.1) is 0 Å². The maximum atomic E-state index is 5.18. The molecule has 0 radical (unpaired) electrons. The number of hydrogen-bond acceptors (Lipinski definition) is 10. The van der Waals surface area contributed by atoms with Crippen molar-refractivity contribution in [2.75, 3.05) is 0 Å². The Hall–Kier alpha value is -18.7. The van der Waals surface area contributed by atoms with Crippen LogP contribution in [0.2, 0.25) is 0 Å². The van der Waals surface area contributed by atoms with Crippen molar-refractivity contribution >= 4 is 77.2 Å². The molecule has 10 aromatic heterocycles. The van der Waals surface area contributed by atoms with Crippen molar-refractivity contribution in [3.8, 4) is 142 Å². The quantitative estimate of drug-likeness (QED) is 0.0909. The normalized spacial score (nSPS) is 11.4. The third-order valence-corrected chi connectivity index (χ3v) is 24.7. The summed E-state index contributed by atoms with van der Waals surface area (Å²) in [7, 11) is 0. The van der Waals surface area contributed by atoms with Gasteiger partial charge in [-0.2, -0.15) is 0 Å². The van der Waals surface area contributed by atoms with Crippen molar-refractivity contribution in [3.63, 3.8) is 0 Å². The molecule has 135 heavy (non-hydrogen) atoms. The Morgan fingerprint density at radius 2 is 0.437 bits per heavy atom. The summed E-state index contributed by atoms with van der Waals surface area (Å²) in [5.74, 6) is 5.13. The second kappa shape index (κ2) is 34.7. The van der Waals surface area contributed by atoms with Gasteiger partial charge < -0.3 is 0 Å². The van der Waals surface area contributed by atoms with Crippen LogP contribution < -0.4 is 0 Å². The smallest absolute Gasteiger partial charge is 0.145 e. The van der Waals surface area contributed by atoms with Gasteiger partial charge in [-0.05, 0) is 168 Å². The number of benzene rings is 16. The minimum absolute atomic E-state index is 0.766. The van der Waals surface area contributed by atoms with E-state index in [0.29, 0.717) is 0 Å². The van der Waals surface area contributed by atoms with Gasteiger partial charge >= 0.3 is 0 Å². The van der Waals surface area contributed by atoms with Gasteiger partial charge in [0.15, 0.2) is 0 Å². The van der Waals surface area contributed by atoms with E-state index in [9.17, 15) is 0 Å². The van der Waals surface area contributed by atoms with Crippen molar-refractivity contribution in [2.45, 2.75) is 0 Å². The van der Waals surface area contributed by atoms with Crippen LogP contribution in [-0.2, 0) is 0 Å². The molecular weight excluding hydrogens is 1660 g/mol. The fourth-order valence-corrected chi connectivity index (χ4v) is 18.4. The minimum atomic E-state index is 0.766. The number of rotatable bonds is 16. The third-order valence-electron chi connectivity index (χ3n) is 24.7. The van der Waals surface area contributed by atoms with Crippen molar-refractivity contribution in [1.82, 2.24) is 81.8 Å². The minimum Gasteiger partial charge on any atom is -0.298 e. The van der Waals surface area contributed by atoms with Gasteiger partial charge in [0.1, 0.15) is 53.9 Å². The lowest BCUT2D eigenvalue weighted by Gasteiger charge is -2.17. The first-order valence-corrected chi connectivity index (χ1v) is 44.8. The van der Waals surface area contributed by atoms with Crippen LogP contribution in [0.5, 0.6) is 0 Å². The summed E-state index contributed by atoms with van der Waals surface area (Å²) in [6.45, 7) is 0. The Kier molecular flexibility index (Phi) is 20.5. The standard InChI is InChI=1S/C43H29N5.C38H25N7.C37H25N5/c1-3-14-30(15-4-1)42-45-37-21-8-11-24-40(37)47(42)34-26-27-36(44-29-34)33-19-13-18-32(28-33)35-20-7-10-23-39(35)48-41-25-12-9-22-38(41)46-43(48)31-16-5-2-6-17-31;1-2-12-26(13-3-1)38-41-31-17-7-11-21-35(31)45(38)32-18-8-4-14-28(32)27-22-36(43-24-39-29-15-5-9-19-33(29)43)42-37(23-27)44-25-40-30-16-6-10-20-34(30)44;1-2-11-26(12-3-1)37-40-33-17-6-9-20-36(33)42(37)29-21-22-31(38-24-29)28-14-10-13-27(23-28)30-15-4-7-18-34(30)41-25-39-32-16-5-8-19-35(32)41/h1-29H;1-25H;1-25H. The number of pyridine rings is 3. The highest BCUT2D eigenvalue weighted by Crippen LogP contribution is 2.42. The van der Waals surface area contributed by atoms with Gasteiger partial charge in [-0.25, -0.2) is 39.9 Å². The van der Waals surface area contributed by atoms with E-state index in [4.69, 9.17) is 34.9 Å². The molecule has 16 aromatic carbocycles. The van der Waals surface area contributed by atoms with E-state index in [1.165, 1.54) is 0 Å². The molecule has 0 saturated carbocycles. The Morgan fingerprint density at radius 3 is 0.807 bits per heavy atom. The number of aromatic nitrogens is 17. The molecule has 0 amide bonds. The van der Waals surface area contributed by atoms with Crippen LogP contribution in [-0.4, -0.2) is 81.8 Å². The number of fused-ring (bicyclic) bond motifs is 7. The Balaban J connectivity index is 0.000000111. The first kappa shape index (κ1) is 79.6. The van der Waals surface area contributed by atoms with E-state index in [2.05, 4.69) is 359 Å². The van der Waals surface area contributed by atoms with Gasteiger partial charge in [-0.1, -0.05) is 297 Å². The van der Waals surface area contributed by atoms with Crippen LogP contribution in [0.15, 0.2) is 480 Å². The molecule has 0 unspecified atom stereocenters. The Bertz CT molecular complexity index is 8780. The number of nitrogens with zero attached hydrogens (tertiary/aromatic N) is 17. The van der Waals surface area contributed by atoms with Crippen LogP contribution in [0.3, 0.4) is 0 Å². The average molecular weight is 1740 g/mol. The summed E-state index contributed by atoms with van der Waals surface area (Å²) < 4.78 is 15.2. The zero-order valence-corrected chi connectivity index (χ0v) is 72.7. The van der Waals surface area contributed by atoms with Crippen LogP contribution in [0.1, 0.15) is 0 Å². The average Bonchev–Trinajstić information content (AvgIpc) is 1.62. The monoisotopic (exact) mass is 1730 g/mol. The molecule has 636 valence electrons. The molecule has 0 aliphatic heterocycles. The predicted molar refractivity (Wildman–Crippen MR) is 544 cm³/mol. The second-order valence-electron chi connectivity index (χ2n) is 32.9. The molecule has 0 fully saturated rings. The van der Waals surface area contributed by atoms with Crippen LogP contribution in [0, 0.1) is 0 Å². The fraction of sp³-hybridized carbons (Fsp3) is 0. The molecule has 10 heterocycles. The van der Waals surface area contributed by atoms with Crippen LogP contribution in [0.25, 0.3) is 219 Å². The second-order valence-corrected chi connectivity index (χ2v) is 32.9. The van der Waals surface area contributed by atoms with E-state index in [0.717, 1.165) is 219 Å². The molecule has 0 aliphatic rings. The van der Waals surface area contributed by atoms with E-state index in [1.807, 2.05) is 168 Å². The predicted octanol–water partition coefficient (Wildman–Crippen LogP) is 27.6. The number of para-hydroxylation sites is 17. The molecule has 26 rings (SSSR count). The summed E-state index contributed by atoms with van der Waals surface area (Å²) in [6.07, 6.45) is 9.47. The summed E-state index contributed by atoms with van der Waals surface area (Å²) in [5.41, 5.74) is 33.7. The summed E-state index contributed by atoms with van der Waals surface area (Å²) in [5, 5.41) is 0. The largest absolute Gasteiger partial charge is 0.298 e. The van der Waals surface area contributed by atoms with Gasteiger partial charge in [0.2, 0.25) is 0 Å². The highest BCUT2D eigenvalue weighted by Gasteiger charge is 2.25. The summed E-state index contributed by atoms with van der Waals surface area (Å²) in [4.78, 5) is 49.2. The lowest BCUT2D eigenvalue weighted by molar-refractivity contribution is 0.962. The Labute approximate surface area is 775 Å². The van der Waals surface area contributed by atoms with Crippen molar-refractivity contribution in [1.29, 1.82) is 0 Å². The first-order valence-electron chi connectivity index (χ1n) is 44.8. The number of imidazole rings is 7. The van der Waals surface area contributed by atoms with Crippen molar-refractivity contribution < 1.29 is 0 Å². The molecule has 0 spiro atoms. The third kappa shape index (κ3) is 15.0. The van der Waals surface area contributed by atoms with Crippen molar-refractivity contribution in [2.24, 2.45) is 0 Å². The topological polar surface area (TPSA) is 163 Å². The zero-order chi connectivity index (χ0) is 89.5. The van der Waals surface area contributed by atoms with Crippen LogP contribution >= 0.6 is 0 Å². The lowest BCUT2D eigenvalue weighted by Crippen LogP contribution is -2.05. The van der Waals surface area contributed by atoms with E-state index in [-0.39, 0.29) is 0 Å². The summed E-state index contributed by atoms with van der Waals surface area (Å²) in [6, 6.07) is 154. The van der Waals surface area contributed by atoms with Gasteiger partial charge in [0.05, 0.1) is 129 Å². The maximum absolute atomic E-state index is 5.18. The SMILES string of the molecule is c1ccc(-c2nc3ccccc3n2-c2ccc(-c3cccc(-c4ccccc4-n4c(-c5ccccc5)nc5ccccc54)c3)nc2)cc1.c1ccc(-c2nc3ccccc3n2-c2ccc(-c3cccc(-c4ccccc4-n4cnc5ccccc54)c3)nc2)cc1.c1ccc(-c2nc3ccccc3n2-c2ccccc2-c2cc(-n3cnc4ccccc43)nc(-n3cnc4ccccc43)c2)cc1.